The van der Waals surface area contributed by atoms with E-state index in [2.05, 4.69) is 5.32 Å². The van der Waals surface area contributed by atoms with Crippen molar-refractivity contribution >= 4 is 7.15 Å². The third-order valence-electron chi connectivity index (χ3n) is 2.64. The van der Waals surface area contributed by atoms with E-state index in [0.717, 1.165) is 13.6 Å². The van der Waals surface area contributed by atoms with Crippen LogP contribution in [0.4, 0.5) is 0 Å². The number of benzene rings is 1. The third-order valence-corrected chi connectivity index (χ3v) is 2.64. The number of nitrogens with one attached hydrogen (secondary N) is 1. The van der Waals surface area contributed by atoms with Crippen molar-refractivity contribution in [1.82, 2.24) is 5.32 Å². The quantitative estimate of drug-likeness (QED) is 0.671. The van der Waals surface area contributed by atoms with E-state index in [1.165, 1.54) is 5.56 Å². The predicted molar refractivity (Wildman–Crippen MR) is 64.7 cm³/mol. The molecule has 3 nitrogen and oxygen atoms in total. The minimum atomic E-state index is -0.417. The fraction of sp³-hybridized carbons (Fsp3) is 0.500. The van der Waals surface area contributed by atoms with Gasteiger partial charge in [0.25, 0.3) is 0 Å². The molecule has 0 saturated heterocycles. The molecule has 16 heavy (non-hydrogen) atoms. The molecule has 1 rings (SSSR count). The van der Waals surface area contributed by atoms with Gasteiger partial charge in [-0.05, 0) is 0 Å². The van der Waals surface area contributed by atoms with Crippen molar-refractivity contribution in [2.45, 2.75) is 31.9 Å². The van der Waals surface area contributed by atoms with Crippen LogP contribution >= 0.6 is 0 Å². The Morgan fingerprint density at radius 2 is 2.06 bits per heavy atom. The fourth-order valence-electron chi connectivity index (χ4n) is 1.70. The normalized spacial score (nSPS) is 14.1. The Kier molecular flexibility index (Phi) is 5.97. The molecular weight excluding hydrogens is 201 g/mol. The van der Waals surface area contributed by atoms with Gasteiger partial charge in [-0.2, -0.15) is 0 Å². The van der Waals surface area contributed by atoms with E-state index in [4.69, 9.17) is 0 Å². The molecule has 0 aliphatic heterocycles. The van der Waals surface area contributed by atoms with Crippen molar-refractivity contribution in [3.63, 3.8) is 0 Å². The molecule has 0 aliphatic carbocycles. The summed E-state index contributed by atoms with van der Waals surface area (Å²) in [5, 5.41) is 12.9. The Hall–Kier alpha value is -0.995. The molecule has 0 heterocycles. The maximum atomic E-state index is 10.3. The Labute approximate surface area is 97.1 Å². The zero-order valence-corrected chi connectivity index (χ0v) is 9.60. The van der Waals surface area contributed by atoms with E-state index >= 15 is 0 Å². The van der Waals surface area contributed by atoms with Gasteiger partial charge in [-0.3, -0.25) is 0 Å². The monoisotopic (exact) mass is 219 g/mol. The number of aliphatic hydroxyl groups excluding tert-OH is 1. The van der Waals surface area contributed by atoms with E-state index in [1.54, 1.807) is 0 Å². The van der Waals surface area contributed by atoms with Crippen LogP contribution in [0.5, 0.6) is 0 Å². The molecular formula is C12H18BNO2. The summed E-state index contributed by atoms with van der Waals surface area (Å²) in [6, 6.07) is 9.91. The van der Waals surface area contributed by atoms with Crippen LogP contribution in [0.2, 0.25) is 0 Å². The van der Waals surface area contributed by atoms with E-state index in [9.17, 15) is 9.81 Å². The fourth-order valence-corrected chi connectivity index (χ4v) is 1.70. The molecule has 0 spiro atoms. The average Bonchev–Trinajstić information content (AvgIpc) is 2.34. The summed E-state index contributed by atoms with van der Waals surface area (Å²) in [6.07, 6.45) is 1.29. The molecule has 0 radical (unpaired) electrons. The Balaban J connectivity index is 2.59. The number of hydrogen-bond acceptors (Lipinski definition) is 3. The second-order valence-corrected chi connectivity index (χ2v) is 3.85. The van der Waals surface area contributed by atoms with Gasteiger partial charge in [0, 0.05) is 0 Å². The predicted octanol–water partition coefficient (Wildman–Crippen LogP) is 0.965. The molecule has 0 bridgehead atoms. The molecule has 0 amide bonds. The molecule has 0 saturated carbocycles. The summed E-state index contributed by atoms with van der Waals surface area (Å²) >= 11 is 0. The minimum absolute atomic E-state index is 0.0578. The van der Waals surface area contributed by atoms with Gasteiger partial charge in [-0.15, -0.1) is 0 Å². The van der Waals surface area contributed by atoms with Gasteiger partial charge in [0.15, 0.2) is 0 Å². The summed E-state index contributed by atoms with van der Waals surface area (Å²) in [7, 11) is 0.820. The van der Waals surface area contributed by atoms with Gasteiger partial charge < -0.3 is 0 Å². The zero-order chi connectivity index (χ0) is 11.8. The summed E-state index contributed by atoms with van der Waals surface area (Å²) < 4.78 is 10.3. The van der Waals surface area contributed by atoms with Crippen molar-refractivity contribution in [3.8, 4) is 0 Å². The van der Waals surface area contributed by atoms with Crippen LogP contribution in [0.1, 0.15) is 18.9 Å². The van der Waals surface area contributed by atoms with E-state index < -0.39 is 6.10 Å². The van der Waals surface area contributed by atoms with Crippen LogP contribution < -0.4 is 5.32 Å². The molecule has 0 aliphatic rings. The number of aliphatic hydroxyl groups is 1. The topological polar surface area (TPSA) is 49.3 Å². The SMILES string of the molecule is CCC(O)[C@@H](Cc1ccccc1)NCB=O. The van der Waals surface area contributed by atoms with E-state index in [1.807, 2.05) is 37.3 Å². The van der Waals surface area contributed by atoms with Crippen LogP contribution in [0.15, 0.2) is 30.3 Å². The van der Waals surface area contributed by atoms with Gasteiger partial charge in [0.1, 0.15) is 0 Å². The molecule has 1 aromatic carbocycles. The van der Waals surface area contributed by atoms with Crippen molar-refractivity contribution in [2.24, 2.45) is 0 Å². The molecule has 86 valence electrons. The van der Waals surface area contributed by atoms with Crippen LogP contribution in [-0.2, 0) is 11.1 Å². The van der Waals surface area contributed by atoms with Gasteiger partial charge in [0.05, 0.1) is 0 Å². The van der Waals surface area contributed by atoms with Crippen molar-refractivity contribution in [2.75, 3.05) is 6.44 Å². The molecule has 1 aromatic rings. The molecule has 1 unspecified atom stereocenters. The first-order valence-electron chi connectivity index (χ1n) is 5.67. The van der Waals surface area contributed by atoms with E-state index in [0.29, 0.717) is 6.42 Å². The molecule has 4 heteroatoms. The first-order chi connectivity index (χ1) is 7.77. The molecule has 2 N–H and O–H groups in total. The zero-order valence-electron chi connectivity index (χ0n) is 9.60. The van der Waals surface area contributed by atoms with Gasteiger partial charge >= 0.3 is 96.5 Å². The van der Waals surface area contributed by atoms with Crippen molar-refractivity contribution < 1.29 is 9.81 Å². The standard InChI is InChI=1S/C12H18BNO2/c1-2-12(15)11(14-9-13-16)8-10-6-4-3-5-7-10/h3-7,11-12,14-15H,2,8-9H2,1H3/t11-,12?/m1/s1. The molecule has 0 aromatic heterocycles. The Morgan fingerprint density at radius 3 is 2.62 bits per heavy atom. The van der Waals surface area contributed by atoms with Gasteiger partial charge in [0.2, 0.25) is 0 Å². The summed E-state index contributed by atoms with van der Waals surface area (Å²) in [4.78, 5) is 0. The summed E-state index contributed by atoms with van der Waals surface area (Å²) in [5.41, 5.74) is 1.17. The maximum absolute atomic E-state index is 10.3. The van der Waals surface area contributed by atoms with Gasteiger partial charge in [-0.25, -0.2) is 0 Å². The Morgan fingerprint density at radius 1 is 1.38 bits per heavy atom. The van der Waals surface area contributed by atoms with Crippen molar-refractivity contribution in [3.05, 3.63) is 35.9 Å². The Bertz CT molecular complexity index is 305. The summed E-state index contributed by atoms with van der Waals surface area (Å²) in [6.45, 7) is 1.94. The van der Waals surface area contributed by atoms with Crippen LogP contribution in [-0.4, -0.2) is 30.8 Å². The van der Waals surface area contributed by atoms with Gasteiger partial charge in [-0.1, -0.05) is 0 Å². The summed E-state index contributed by atoms with van der Waals surface area (Å²) in [5.74, 6) is 0. The first-order valence-corrected chi connectivity index (χ1v) is 5.67. The second-order valence-electron chi connectivity index (χ2n) is 3.85. The van der Waals surface area contributed by atoms with Crippen LogP contribution in [0.25, 0.3) is 0 Å². The van der Waals surface area contributed by atoms with Crippen molar-refractivity contribution in [1.29, 1.82) is 0 Å². The third kappa shape index (κ3) is 4.25. The first kappa shape index (κ1) is 13.1. The van der Waals surface area contributed by atoms with E-state index in [-0.39, 0.29) is 12.5 Å². The number of rotatable bonds is 7. The average molecular weight is 219 g/mol. The molecule has 2 atom stereocenters. The van der Waals surface area contributed by atoms with Crippen LogP contribution in [0.3, 0.4) is 0 Å². The second kappa shape index (κ2) is 7.31. The number of hydrogen-bond donors (Lipinski definition) is 2. The molecule has 0 fully saturated rings. The van der Waals surface area contributed by atoms with Crippen LogP contribution in [0, 0.1) is 0 Å².